The molecule has 0 amide bonds. The molecule has 0 aliphatic heterocycles. The summed E-state index contributed by atoms with van der Waals surface area (Å²) in [5.74, 6) is 0.348. The summed E-state index contributed by atoms with van der Waals surface area (Å²) in [5, 5.41) is 10.5. The quantitative estimate of drug-likeness (QED) is 0.849. The van der Waals surface area contributed by atoms with Crippen LogP contribution < -0.4 is 0 Å². The number of hydrogen-bond acceptors (Lipinski definition) is 2. The van der Waals surface area contributed by atoms with E-state index in [4.69, 9.17) is 0 Å². The maximum atomic E-state index is 13.1. The molecule has 0 fully saturated rings. The minimum absolute atomic E-state index is 0.275. The highest BCUT2D eigenvalue weighted by molar-refractivity contribution is 7.99. The average molecular weight is 242 g/mol. The first-order valence-corrected chi connectivity index (χ1v) is 6.64. The normalized spacial score (nSPS) is 14.8. The van der Waals surface area contributed by atoms with Gasteiger partial charge in [0.2, 0.25) is 0 Å². The number of benzene rings is 1. The molecule has 0 saturated heterocycles. The van der Waals surface area contributed by atoms with Crippen LogP contribution in [0.4, 0.5) is 4.39 Å². The van der Waals surface area contributed by atoms with Gasteiger partial charge < -0.3 is 5.11 Å². The Kier molecular flexibility index (Phi) is 5.29. The van der Waals surface area contributed by atoms with E-state index < -0.39 is 6.10 Å². The van der Waals surface area contributed by atoms with E-state index in [1.54, 1.807) is 11.8 Å². The number of aliphatic hydroxyl groups is 1. The maximum absolute atomic E-state index is 13.1. The monoisotopic (exact) mass is 242 g/mol. The van der Waals surface area contributed by atoms with Gasteiger partial charge >= 0.3 is 0 Å². The van der Waals surface area contributed by atoms with Crippen LogP contribution >= 0.6 is 11.8 Å². The van der Waals surface area contributed by atoms with Crippen LogP contribution in [-0.4, -0.2) is 16.1 Å². The molecule has 0 spiro atoms. The highest BCUT2D eigenvalue weighted by atomic mass is 32.2. The van der Waals surface area contributed by atoms with Gasteiger partial charge in [0.15, 0.2) is 0 Å². The first kappa shape index (κ1) is 13.5. The van der Waals surface area contributed by atoms with Crippen molar-refractivity contribution in [3.8, 4) is 0 Å². The SMILES string of the molecule is CCC(C)SCC(O)c1cc(C)cc(F)c1. The van der Waals surface area contributed by atoms with E-state index in [1.807, 2.05) is 13.0 Å². The van der Waals surface area contributed by atoms with Crippen LogP contribution in [-0.2, 0) is 0 Å². The van der Waals surface area contributed by atoms with Gasteiger partial charge in [-0.25, -0.2) is 4.39 Å². The predicted molar refractivity (Wildman–Crippen MR) is 68.3 cm³/mol. The molecule has 90 valence electrons. The van der Waals surface area contributed by atoms with E-state index in [9.17, 15) is 9.50 Å². The van der Waals surface area contributed by atoms with E-state index in [-0.39, 0.29) is 5.82 Å². The van der Waals surface area contributed by atoms with Gasteiger partial charge in [-0.1, -0.05) is 19.9 Å². The summed E-state index contributed by atoms with van der Waals surface area (Å²) < 4.78 is 13.1. The summed E-state index contributed by atoms with van der Waals surface area (Å²) in [6, 6.07) is 4.72. The fourth-order valence-corrected chi connectivity index (χ4v) is 2.37. The summed E-state index contributed by atoms with van der Waals surface area (Å²) in [5.41, 5.74) is 1.52. The number of halogens is 1. The van der Waals surface area contributed by atoms with E-state index >= 15 is 0 Å². The molecule has 0 aliphatic rings. The third-order valence-electron chi connectivity index (χ3n) is 2.56. The smallest absolute Gasteiger partial charge is 0.123 e. The summed E-state index contributed by atoms with van der Waals surface area (Å²) in [4.78, 5) is 0. The molecule has 16 heavy (non-hydrogen) atoms. The number of aliphatic hydroxyl groups excluding tert-OH is 1. The summed E-state index contributed by atoms with van der Waals surface area (Å²) in [6.07, 6.45) is 0.507. The molecule has 1 nitrogen and oxygen atoms in total. The van der Waals surface area contributed by atoms with Crippen molar-refractivity contribution in [3.63, 3.8) is 0 Å². The third kappa shape index (κ3) is 4.14. The molecule has 1 rings (SSSR count). The zero-order valence-corrected chi connectivity index (χ0v) is 10.9. The van der Waals surface area contributed by atoms with Crippen molar-refractivity contribution >= 4 is 11.8 Å². The minimum Gasteiger partial charge on any atom is -0.388 e. The van der Waals surface area contributed by atoms with Gasteiger partial charge in [-0.15, -0.1) is 0 Å². The van der Waals surface area contributed by atoms with Gasteiger partial charge in [-0.2, -0.15) is 11.8 Å². The molecule has 1 N–H and O–H groups in total. The van der Waals surface area contributed by atoms with Crippen molar-refractivity contribution in [1.29, 1.82) is 0 Å². The Morgan fingerprint density at radius 3 is 2.62 bits per heavy atom. The van der Waals surface area contributed by atoms with Crippen LogP contribution in [0.25, 0.3) is 0 Å². The van der Waals surface area contributed by atoms with Crippen LogP contribution in [0.15, 0.2) is 18.2 Å². The second-order valence-electron chi connectivity index (χ2n) is 4.13. The summed E-state index contributed by atoms with van der Waals surface area (Å²) in [7, 11) is 0. The van der Waals surface area contributed by atoms with E-state index in [2.05, 4.69) is 13.8 Å². The first-order valence-electron chi connectivity index (χ1n) is 5.59. The first-order chi connectivity index (χ1) is 7.52. The molecular weight excluding hydrogens is 223 g/mol. The average Bonchev–Trinajstić information content (AvgIpc) is 2.23. The molecule has 2 unspecified atom stereocenters. The van der Waals surface area contributed by atoms with Crippen molar-refractivity contribution in [1.82, 2.24) is 0 Å². The summed E-state index contributed by atoms with van der Waals surface area (Å²) >= 11 is 1.72. The molecule has 0 aliphatic carbocycles. The lowest BCUT2D eigenvalue weighted by Crippen LogP contribution is -2.05. The minimum atomic E-state index is -0.576. The molecule has 0 saturated carbocycles. The summed E-state index contributed by atoms with van der Waals surface area (Å²) in [6.45, 7) is 6.09. The largest absolute Gasteiger partial charge is 0.388 e. The fraction of sp³-hybridized carbons (Fsp3) is 0.538. The Labute approximate surface area is 101 Å². The van der Waals surface area contributed by atoms with Gasteiger partial charge in [0, 0.05) is 11.0 Å². The fourth-order valence-electron chi connectivity index (χ4n) is 1.43. The van der Waals surface area contributed by atoms with E-state index in [0.29, 0.717) is 16.6 Å². The van der Waals surface area contributed by atoms with Gasteiger partial charge in [-0.3, -0.25) is 0 Å². The zero-order valence-electron chi connectivity index (χ0n) is 10.0. The van der Waals surface area contributed by atoms with Gasteiger partial charge in [-0.05, 0) is 36.6 Å². The van der Waals surface area contributed by atoms with Gasteiger partial charge in [0.05, 0.1) is 6.10 Å². The lowest BCUT2D eigenvalue weighted by Gasteiger charge is -2.14. The van der Waals surface area contributed by atoms with Crippen LogP contribution in [0.5, 0.6) is 0 Å². The van der Waals surface area contributed by atoms with Crippen molar-refractivity contribution in [2.24, 2.45) is 0 Å². The highest BCUT2D eigenvalue weighted by Gasteiger charge is 2.11. The van der Waals surface area contributed by atoms with Crippen LogP contribution in [0.1, 0.15) is 37.5 Å². The number of hydrogen-bond donors (Lipinski definition) is 1. The standard InChI is InChI=1S/C13H19FOS/c1-4-10(3)16-8-13(15)11-5-9(2)6-12(14)7-11/h5-7,10,13,15H,4,8H2,1-3H3. The molecule has 0 aromatic heterocycles. The molecule has 1 aromatic carbocycles. The lowest BCUT2D eigenvalue weighted by atomic mass is 10.1. The number of rotatable bonds is 5. The van der Waals surface area contributed by atoms with Crippen LogP contribution in [0.2, 0.25) is 0 Å². The second kappa shape index (κ2) is 6.26. The van der Waals surface area contributed by atoms with Crippen LogP contribution in [0.3, 0.4) is 0 Å². The number of aryl methyl sites for hydroxylation is 1. The zero-order chi connectivity index (χ0) is 12.1. The van der Waals surface area contributed by atoms with Crippen molar-refractivity contribution in [3.05, 3.63) is 35.1 Å². The predicted octanol–water partition coefficient (Wildman–Crippen LogP) is 3.70. The van der Waals surface area contributed by atoms with Gasteiger partial charge in [0.1, 0.15) is 5.82 Å². The molecule has 1 aromatic rings. The Bertz CT molecular complexity index is 320. The molecule has 3 heteroatoms. The second-order valence-corrected chi connectivity index (χ2v) is 5.60. The molecular formula is C13H19FOS. The topological polar surface area (TPSA) is 20.2 Å². The van der Waals surface area contributed by atoms with Crippen molar-refractivity contribution in [2.45, 2.75) is 38.5 Å². The molecule has 0 heterocycles. The Hall–Kier alpha value is -0.540. The Balaban J connectivity index is 2.62. The van der Waals surface area contributed by atoms with E-state index in [0.717, 1.165) is 12.0 Å². The van der Waals surface area contributed by atoms with Crippen molar-refractivity contribution < 1.29 is 9.50 Å². The molecule has 0 radical (unpaired) electrons. The Morgan fingerprint density at radius 1 is 1.38 bits per heavy atom. The highest BCUT2D eigenvalue weighted by Crippen LogP contribution is 2.23. The maximum Gasteiger partial charge on any atom is 0.123 e. The van der Waals surface area contributed by atoms with Crippen LogP contribution in [0, 0.1) is 12.7 Å². The molecule has 2 atom stereocenters. The number of thioether (sulfide) groups is 1. The van der Waals surface area contributed by atoms with Crippen molar-refractivity contribution in [2.75, 3.05) is 5.75 Å². The Morgan fingerprint density at radius 2 is 2.06 bits per heavy atom. The van der Waals surface area contributed by atoms with E-state index in [1.165, 1.54) is 12.1 Å². The van der Waals surface area contributed by atoms with Gasteiger partial charge in [0.25, 0.3) is 0 Å². The lowest BCUT2D eigenvalue weighted by molar-refractivity contribution is 0.203. The third-order valence-corrected chi connectivity index (χ3v) is 3.97. The molecule has 0 bridgehead atoms.